The lowest BCUT2D eigenvalue weighted by molar-refractivity contribution is -0.133. The van der Waals surface area contributed by atoms with Gasteiger partial charge in [0.05, 0.1) is 6.61 Å². The fraction of sp³-hybridized carbons (Fsp3) is 0.594. The van der Waals surface area contributed by atoms with Crippen molar-refractivity contribution in [1.29, 1.82) is 0 Å². The van der Waals surface area contributed by atoms with Crippen LogP contribution in [0.25, 0.3) is 0 Å². The number of hydrogen-bond acceptors (Lipinski definition) is 4. The molecule has 1 atom stereocenters. The molecule has 4 heteroatoms. The van der Waals surface area contributed by atoms with E-state index >= 15 is 0 Å². The highest BCUT2D eigenvalue weighted by Crippen LogP contribution is 2.51. The molecule has 198 valence electrons. The number of aliphatic hydroxyl groups is 1. The summed E-state index contributed by atoms with van der Waals surface area (Å²) in [4.78, 5) is 13.7. The molecule has 1 N–H and O–H groups in total. The molecule has 0 amide bonds. The molecule has 0 spiro atoms. The van der Waals surface area contributed by atoms with Gasteiger partial charge >= 0.3 is 5.97 Å². The van der Waals surface area contributed by atoms with E-state index in [-0.39, 0.29) is 40.8 Å². The highest BCUT2D eigenvalue weighted by Gasteiger charge is 2.42. The number of aliphatic hydroxyl groups excluding tert-OH is 1. The molecule has 2 aromatic rings. The number of hydrogen-bond donors (Lipinski definition) is 1. The van der Waals surface area contributed by atoms with Crippen LogP contribution in [0.15, 0.2) is 24.3 Å². The summed E-state index contributed by atoms with van der Waals surface area (Å²) in [6, 6.07) is 8.66. The van der Waals surface area contributed by atoms with Gasteiger partial charge in [-0.25, -0.2) is 0 Å². The van der Waals surface area contributed by atoms with Crippen molar-refractivity contribution in [3.63, 3.8) is 0 Å². The van der Waals surface area contributed by atoms with Gasteiger partial charge < -0.3 is 14.6 Å². The minimum absolute atomic E-state index is 0.0920. The molecule has 0 aliphatic carbocycles. The Labute approximate surface area is 218 Å². The number of benzene rings is 2. The van der Waals surface area contributed by atoms with Crippen LogP contribution in [-0.2, 0) is 26.5 Å². The lowest BCUT2D eigenvalue weighted by Crippen LogP contribution is -2.22. The molecule has 1 unspecified atom stereocenters. The zero-order chi connectivity index (χ0) is 27.4. The lowest BCUT2D eigenvalue weighted by Gasteiger charge is -2.30. The van der Waals surface area contributed by atoms with E-state index < -0.39 is 5.92 Å². The molecule has 0 fully saturated rings. The molecule has 0 radical (unpaired) electrons. The van der Waals surface area contributed by atoms with Crippen molar-refractivity contribution < 1.29 is 19.4 Å². The Morgan fingerprint density at radius 2 is 1.19 bits per heavy atom. The van der Waals surface area contributed by atoms with Gasteiger partial charge in [0.15, 0.2) is 0 Å². The van der Waals surface area contributed by atoms with E-state index in [0.29, 0.717) is 11.5 Å². The van der Waals surface area contributed by atoms with Gasteiger partial charge in [0, 0.05) is 22.3 Å². The van der Waals surface area contributed by atoms with Gasteiger partial charge in [0.25, 0.3) is 0 Å². The molecule has 0 saturated heterocycles. The molecule has 1 heterocycles. The summed E-state index contributed by atoms with van der Waals surface area (Å²) in [5.74, 6) is 0.483. The molecule has 3 rings (SSSR count). The van der Waals surface area contributed by atoms with Crippen LogP contribution < -0.4 is 9.47 Å². The molecule has 1 aliphatic heterocycles. The number of carbonyl (C=O) groups is 1. The quantitative estimate of drug-likeness (QED) is 0.358. The van der Waals surface area contributed by atoms with Gasteiger partial charge in [0.1, 0.15) is 24.0 Å². The third-order valence-electron chi connectivity index (χ3n) is 6.98. The van der Waals surface area contributed by atoms with Crippen LogP contribution in [0.3, 0.4) is 0 Å². The molecule has 0 aromatic heterocycles. The fourth-order valence-corrected chi connectivity index (χ4v) is 4.72. The first-order valence-electron chi connectivity index (χ1n) is 13.1. The fourth-order valence-electron chi connectivity index (χ4n) is 4.72. The van der Waals surface area contributed by atoms with Crippen molar-refractivity contribution >= 4 is 5.97 Å². The van der Waals surface area contributed by atoms with Crippen LogP contribution in [0.5, 0.6) is 11.5 Å². The van der Waals surface area contributed by atoms with Gasteiger partial charge in [0.2, 0.25) is 0 Å². The van der Waals surface area contributed by atoms with Gasteiger partial charge in [-0.15, -0.1) is 0 Å². The zero-order valence-electron chi connectivity index (χ0n) is 24.5. The maximum atomic E-state index is 13.7. The standard InChI is InChI=1S/C32H46O4/c1-29(2,3)19-15-21(26(35-14-13-33)23(17-19)31(7,8)9)25-22-16-20(30(4,5)6)18-24(32(10,11)12)27(22)36-28(25)34/h15-18,25,33H,13-14H2,1-12H3. The molecular formula is C32H46O4. The molecule has 36 heavy (non-hydrogen) atoms. The van der Waals surface area contributed by atoms with Gasteiger partial charge in [-0.2, -0.15) is 0 Å². The highest BCUT2D eigenvalue weighted by atomic mass is 16.5. The molecule has 0 bridgehead atoms. The number of fused-ring (bicyclic) bond motifs is 1. The van der Waals surface area contributed by atoms with Gasteiger partial charge in [-0.1, -0.05) is 107 Å². The highest BCUT2D eigenvalue weighted by molar-refractivity contribution is 5.91. The number of carbonyl (C=O) groups excluding carboxylic acids is 1. The summed E-state index contributed by atoms with van der Waals surface area (Å²) in [6.07, 6.45) is 0. The summed E-state index contributed by atoms with van der Waals surface area (Å²) >= 11 is 0. The Bertz CT molecular complexity index is 1150. The van der Waals surface area contributed by atoms with E-state index in [1.165, 1.54) is 5.56 Å². The maximum Gasteiger partial charge on any atom is 0.323 e. The summed E-state index contributed by atoms with van der Waals surface area (Å²) in [7, 11) is 0. The third-order valence-corrected chi connectivity index (χ3v) is 6.98. The van der Waals surface area contributed by atoms with E-state index in [2.05, 4.69) is 107 Å². The van der Waals surface area contributed by atoms with Crippen molar-refractivity contribution in [2.75, 3.05) is 13.2 Å². The Hall–Kier alpha value is -2.33. The van der Waals surface area contributed by atoms with E-state index in [1.807, 2.05) is 0 Å². The zero-order valence-corrected chi connectivity index (χ0v) is 24.5. The van der Waals surface area contributed by atoms with Crippen LogP contribution >= 0.6 is 0 Å². The largest absolute Gasteiger partial charge is 0.491 e. The molecular weight excluding hydrogens is 448 g/mol. The lowest BCUT2D eigenvalue weighted by atomic mass is 9.74. The Morgan fingerprint density at radius 1 is 0.722 bits per heavy atom. The van der Waals surface area contributed by atoms with E-state index in [1.54, 1.807) is 0 Å². The molecule has 2 aromatic carbocycles. The van der Waals surface area contributed by atoms with Crippen LogP contribution in [0.2, 0.25) is 0 Å². The number of ether oxygens (including phenoxy) is 2. The SMILES string of the molecule is CC(C)(C)c1cc(C2C(=O)Oc3c2cc(C(C)(C)C)cc3C(C)(C)C)c(OCCO)c(C(C)(C)C)c1. The van der Waals surface area contributed by atoms with Crippen molar-refractivity contribution in [2.24, 2.45) is 0 Å². The monoisotopic (exact) mass is 494 g/mol. The second-order valence-corrected chi connectivity index (χ2v) is 14.3. The average Bonchev–Trinajstić information content (AvgIpc) is 3.03. The number of esters is 1. The molecule has 4 nitrogen and oxygen atoms in total. The van der Waals surface area contributed by atoms with E-state index in [0.717, 1.165) is 27.8 Å². The van der Waals surface area contributed by atoms with Crippen LogP contribution in [0.4, 0.5) is 0 Å². The molecule has 1 aliphatic rings. The van der Waals surface area contributed by atoms with Crippen molar-refractivity contribution in [1.82, 2.24) is 0 Å². The maximum absolute atomic E-state index is 13.7. The van der Waals surface area contributed by atoms with Crippen molar-refractivity contribution in [3.8, 4) is 11.5 Å². The minimum atomic E-state index is -0.597. The predicted molar refractivity (Wildman–Crippen MR) is 148 cm³/mol. The topological polar surface area (TPSA) is 55.8 Å². The first-order valence-corrected chi connectivity index (χ1v) is 13.1. The smallest absolute Gasteiger partial charge is 0.323 e. The number of rotatable bonds is 4. The molecule has 0 saturated carbocycles. The van der Waals surface area contributed by atoms with E-state index in [9.17, 15) is 9.90 Å². The first kappa shape index (κ1) is 28.2. The first-order chi connectivity index (χ1) is 16.3. The Balaban J connectivity index is 2.43. The van der Waals surface area contributed by atoms with E-state index in [4.69, 9.17) is 9.47 Å². The summed E-state index contributed by atoms with van der Waals surface area (Å²) < 4.78 is 12.3. The minimum Gasteiger partial charge on any atom is -0.491 e. The Morgan fingerprint density at radius 3 is 1.64 bits per heavy atom. The summed E-state index contributed by atoms with van der Waals surface area (Å²) in [5, 5.41) is 9.61. The summed E-state index contributed by atoms with van der Waals surface area (Å²) in [6.45, 7) is 26.1. The second-order valence-electron chi connectivity index (χ2n) is 14.3. The normalized spacial score (nSPS) is 16.7. The van der Waals surface area contributed by atoms with Crippen LogP contribution in [0, 0.1) is 0 Å². The summed E-state index contributed by atoms with van der Waals surface area (Å²) in [5.41, 5.74) is 5.47. The third kappa shape index (κ3) is 5.49. The Kier molecular flexibility index (Phi) is 7.22. The van der Waals surface area contributed by atoms with Gasteiger partial charge in [-0.3, -0.25) is 4.79 Å². The van der Waals surface area contributed by atoms with Crippen molar-refractivity contribution in [3.05, 3.63) is 57.6 Å². The van der Waals surface area contributed by atoms with Crippen molar-refractivity contribution in [2.45, 2.75) is 111 Å². The second kappa shape index (κ2) is 9.20. The predicted octanol–water partition coefficient (Wildman–Crippen LogP) is 7.30. The average molecular weight is 495 g/mol. The van der Waals surface area contributed by atoms with Crippen LogP contribution in [-0.4, -0.2) is 24.3 Å². The van der Waals surface area contributed by atoms with Gasteiger partial charge in [-0.05, 0) is 32.8 Å². The van der Waals surface area contributed by atoms with Crippen LogP contribution in [0.1, 0.15) is 122 Å².